The van der Waals surface area contributed by atoms with E-state index in [1.165, 1.54) is 7.11 Å². The Kier molecular flexibility index (Phi) is 5.79. The molecular formula is C14H20NO5P. The first-order valence-corrected chi connectivity index (χ1v) is 8.50. The van der Waals surface area contributed by atoms with Crippen molar-refractivity contribution in [3.05, 3.63) is 30.3 Å². The molecule has 1 saturated carbocycles. The van der Waals surface area contributed by atoms with Crippen LogP contribution in [-0.2, 0) is 18.6 Å². The molecule has 0 aromatic heterocycles. The monoisotopic (exact) mass is 313 g/mol. The van der Waals surface area contributed by atoms with Crippen molar-refractivity contribution in [2.75, 3.05) is 13.7 Å². The first-order valence-electron chi connectivity index (χ1n) is 6.96. The van der Waals surface area contributed by atoms with Gasteiger partial charge in [-0.1, -0.05) is 18.2 Å². The third kappa shape index (κ3) is 5.16. The molecule has 1 fully saturated rings. The molecule has 1 atom stereocenters. The normalized spacial score (nSPS) is 18.1. The zero-order valence-electron chi connectivity index (χ0n) is 12.0. The molecule has 1 aliphatic carbocycles. The number of hydrogen-bond donors (Lipinski definition) is 1. The summed E-state index contributed by atoms with van der Waals surface area (Å²) >= 11 is 0. The molecular weight excluding hydrogens is 293 g/mol. The van der Waals surface area contributed by atoms with Crippen LogP contribution in [0.15, 0.2) is 30.3 Å². The van der Waals surface area contributed by atoms with Crippen molar-refractivity contribution in [3.8, 4) is 5.75 Å². The summed E-state index contributed by atoms with van der Waals surface area (Å²) < 4.78 is 27.8. The maximum atomic E-state index is 12.3. The summed E-state index contributed by atoms with van der Waals surface area (Å²) in [5, 5.41) is 2.50. The number of rotatable bonds is 7. The van der Waals surface area contributed by atoms with Gasteiger partial charge in [0.1, 0.15) is 18.4 Å². The molecule has 21 heavy (non-hydrogen) atoms. The van der Waals surface area contributed by atoms with Gasteiger partial charge in [0.2, 0.25) is 0 Å². The number of nitrogens with one attached hydrogen (secondary N) is 1. The summed E-state index contributed by atoms with van der Waals surface area (Å²) in [7, 11) is -2.31. The second-order valence-corrected chi connectivity index (χ2v) is 6.67. The van der Waals surface area contributed by atoms with Gasteiger partial charge >= 0.3 is 13.7 Å². The van der Waals surface area contributed by atoms with Crippen LogP contribution in [0.1, 0.15) is 25.7 Å². The third-order valence-corrected chi connectivity index (χ3v) is 4.70. The lowest BCUT2D eigenvalue weighted by atomic mass is 10.3. The number of hydrogen-bond acceptors (Lipinski definition) is 5. The molecule has 0 radical (unpaired) electrons. The fraction of sp³-hybridized carbons (Fsp3) is 0.500. The van der Waals surface area contributed by atoms with Gasteiger partial charge in [0.25, 0.3) is 0 Å². The zero-order chi connectivity index (χ0) is 15.1. The van der Waals surface area contributed by atoms with Crippen molar-refractivity contribution in [1.82, 2.24) is 5.09 Å². The van der Waals surface area contributed by atoms with Gasteiger partial charge in [-0.3, -0.25) is 9.32 Å². The van der Waals surface area contributed by atoms with Crippen LogP contribution < -0.4 is 9.61 Å². The van der Waals surface area contributed by atoms with Gasteiger partial charge < -0.3 is 9.26 Å². The second kappa shape index (κ2) is 7.59. The van der Waals surface area contributed by atoms with E-state index in [2.05, 4.69) is 5.09 Å². The standard InChI is InChI=1S/C14H20NO5P/c1-18-21(17,20-13-9-3-2-4-10-13)15-11-14(16)19-12-7-5-6-8-12/h2-4,9-10,12H,5-8,11H2,1H3,(H,15,17). The van der Waals surface area contributed by atoms with Crippen LogP contribution >= 0.6 is 7.75 Å². The lowest BCUT2D eigenvalue weighted by Gasteiger charge is -2.18. The Morgan fingerprint density at radius 1 is 1.29 bits per heavy atom. The summed E-state index contributed by atoms with van der Waals surface area (Å²) in [6, 6.07) is 8.64. The van der Waals surface area contributed by atoms with Crippen molar-refractivity contribution in [2.24, 2.45) is 0 Å². The molecule has 0 spiro atoms. The van der Waals surface area contributed by atoms with E-state index in [9.17, 15) is 9.36 Å². The number of esters is 1. The van der Waals surface area contributed by atoms with Gasteiger partial charge in [-0.2, -0.15) is 0 Å². The first-order chi connectivity index (χ1) is 10.1. The SMILES string of the molecule is COP(=O)(NCC(=O)OC1CCCC1)Oc1ccccc1. The lowest BCUT2D eigenvalue weighted by Crippen LogP contribution is -2.27. The molecule has 7 heteroatoms. The van der Waals surface area contributed by atoms with E-state index in [1.807, 2.05) is 6.07 Å². The van der Waals surface area contributed by atoms with Crippen LogP contribution in [-0.4, -0.2) is 25.7 Å². The van der Waals surface area contributed by atoms with E-state index in [-0.39, 0.29) is 12.6 Å². The summed E-state index contributed by atoms with van der Waals surface area (Å²) in [5.74, 6) is -0.0461. The number of para-hydroxylation sites is 1. The fourth-order valence-electron chi connectivity index (χ4n) is 2.15. The predicted molar refractivity (Wildman–Crippen MR) is 78.0 cm³/mol. The van der Waals surface area contributed by atoms with Gasteiger partial charge in [-0.25, -0.2) is 9.65 Å². The van der Waals surface area contributed by atoms with Crippen LogP contribution in [0.5, 0.6) is 5.75 Å². The minimum Gasteiger partial charge on any atom is -0.461 e. The van der Waals surface area contributed by atoms with Gasteiger partial charge in [-0.05, 0) is 37.8 Å². The van der Waals surface area contributed by atoms with Crippen molar-refractivity contribution in [2.45, 2.75) is 31.8 Å². The fourth-order valence-corrected chi connectivity index (χ4v) is 3.14. The molecule has 1 N–H and O–H groups in total. The maximum absolute atomic E-state index is 12.3. The molecule has 0 bridgehead atoms. The quantitative estimate of drug-likeness (QED) is 0.616. The molecule has 1 aromatic carbocycles. The molecule has 0 heterocycles. The largest absolute Gasteiger partial charge is 0.461 e. The van der Waals surface area contributed by atoms with E-state index in [4.69, 9.17) is 13.8 Å². The Hall–Kier alpha value is -1.36. The first kappa shape index (κ1) is 16.0. The zero-order valence-corrected chi connectivity index (χ0v) is 12.9. The summed E-state index contributed by atoms with van der Waals surface area (Å²) in [5.41, 5.74) is 0. The van der Waals surface area contributed by atoms with Crippen molar-refractivity contribution >= 4 is 13.7 Å². The Morgan fingerprint density at radius 2 is 1.95 bits per heavy atom. The predicted octanol–water partition coefficient (Wildman–Crippen LogP) is 2.90. The maximum Gasteiger partial charge on any atom is 0.458 e. The summed E-state index contributed by atoms with van der Waals surface area (Å²) in [6.07, 6.45) is 3.94. The molecule has 2 rings (SSSR count). The minimum absolute atomic E-state index is 0.0173. The number of benzene rings is 1. The highest BCUT2D eigenvalue weighted by atomic mass is 31.2. The Balaban J connectivity index is 1.83. The average Bonchev–Trinajstić information content (AvgIpc) is 2.99. The van der Waals surface area contributed by atoms with Crippen LogP contribution in [0.3, 0.4) is 0 Å². The Labute approximate surface area is 124 Å². The number of carbonyl (C=O) groups excluding carboxylic acids is 1. The smallest absolute Gasteiger partial charge is 0.458 e. The highest BCUT2D eigenvalue weighted by Crippen LogP contribution is 2.42. The molecule has 0 amide bonds. The highest BCUT2D eigenvalue weighted by molar-refractivity contribution is 7.52. The van der Waals surface area contributed by atoms with E-state index in [0.29, 0.717) is 5.75 Å². The van der Waals surface area contributed by atoms with Crippen LogP contribution in [0.2, 0.25) is 0 Å². The van der Waals surface area contributed by atoms with Gasteiger partial charge in [0.05, 0.1) is 0 Å². The summed E-state index contributed by atoms with van der Waals surface area (Å²) in [4.78, 5) is 11.7. The van der Waals surface area contributed by atoms with Crippen molar-refractivity contribution < 1.29 is 23.1 Å². The second-order valence-electron chi connectivity index (χ2n) is 4.82. The van der Waals surface area contributed by atoms with Crippen molar-refractivity contribution in [1.29, 1.82) is 0 Å². The average molecular weight is 313 g/mol. The number of carbonyl (C=O) groups is 1. The molecule has 1 unspecified atom stereocenters. The lowest BCUT2D eigenvalue weighted by molar-refractivity contribution is -0.147. The number of ether oxygens (including phenoxy) is 1. The molecule has 0 aliphatic heterocycles. The van der Waals surface area contributed by atoms with E-state index in [1.54, 1.807) is 24.3 Å². The van der Waals surface area contributed by atoms with Gasteiger partial charge in [0, 0.05) is 7.11 Å². The van der Waals surface area contributed by atoms with E-state index >= 15 is 0 Å². The molecule has 6 nitrogen and oxygen atoms in total. The molecule has 116 valence electrons. The highest BCUT2D eigenvalue weighted by Gasteiger charge is 2.27. The molecule has 0 saturated heterocycles. The van der Waals surface area contributed by atoms with Crippen LogP contribution in [0, 0.1) is 0 Å². The van der Waals surface area contributed by atoms with Crippen molar-refractivity contribution in [3.63, 3.8) is 0 Å². The van der Waals surface area contributed by atoms with E-state index < -0.39 is 13.7 Å². The van der Waals surface area contributed by atoms with Gasteiger partial charge in [-0.15, -0.1) is 0 Å². The Bertz CT molecular complexity index is 501. The van der Waals surface area contributed by atoms with Gasteiger partial charge in [0.15, 0.2) is 0 Å². The topological polar surface area (TPSA) is 73.9 Å². The molecule has 1 aromatic rings. The minimum atomic E-state index is -3.57. The van der Waals surface area contributed by atoms with E-state index in [0.717, 1.165) is 25.7 Å². The van der Waals surface area contributed by atoms with Crippen LogP contribution in [0.4, 0.5) is 0 Å². The Morgan fingerprint density at radius 3 is 2.57 bits per heavy atom. The molecule has 1 aliphatic rings. The van der Waals surface area contributed by atoms with Crippen LogP contribution in [0.25, 0.3) is 0 Å². The summed E-state index contributed by atoms with van der Waals surface area (Å²) in [6.45, 7) is -0.214. The third-order valence-electron chi connectivity index (χ3n) is 3.23.